The maximum Gasteiger partial charge on any atom is 0.339 e. The summed E-state index contributed by atoms with van der Waals surface area (Å²) in [5.41, 5.74) is -2.33. The summed E-state index contributed by atoms with van der Waals surface area (Å²) in [5.74, 6) is -0.524. The minimum absolute atomic E-state index is 0.0602. The van der Waals surface area contributed by atoms with E-state index in [4.69, 9.17) is 13.9 Å². The summed E-state index contributed by atoms with van der Waals surface area (Å²) >= 11 is 0. The maximum atomic E-state index is 13.1. The molecule has 1 aromatic rings. The number of furan rings is 1. The Kier molecular flexibility index (Phi) is 4.17. The molecule has 3 saturated carbocycles. The van der Waals surface area contributed by atoms with Gasteiger partial charge in [-0.3, -0.25) is 0 Å². The second-order valence-electron chi connectivity index (χ2n) is 12.7. The van der Waals surface area contributed by atoms with Crippen molar-refractivity contribution in [3.63, 3.8) is 0 Å². The molecule has 2 aliphatic heterocycles. The number of esters is 1. The van der Waals surface area contributed by atoms with Crippen LogP contribution in [-0.4, -0.2) is 51.3 Å². The Labute approximate surface area is 194 Å². The van der Waals surface area contributed by atoms with Crippen LogP contribution >= 0.6 is 0 Å². The maximum absolute atomic E-state index is 13.1. The molecule has 5 aliphatic rings. The number of hydrogen-bond donors (Lipinski definition) is 3. The molecule has 3 aliphatic carbocycles. The minimum atomic E-state index is -0.881. The van der Waals surface area contributed by atoms with Crippen LogP contribution in [0.1, 0.15) is 72.0 Å². The van der Waals surface area contributed by atoms with Gasteiger partial charge in [-0.15, -0.1) is 0 Å². The summed E-state index contributed by atoms with van der Waals surface area (Å²) in [6.45, 7) is 10.4. The molecular formula is C26H36O7. The van der Waals surface area contributed by atoms with Crippen LogP contribution in [0.2, 0.25) is 0 Å². The first-order valence-electron chi connectivity index (χ1n) is 12.3. The van der Waals surface area contributed by atoms with Gasteiger partial charge in [-0.05, 0) is 42.6 Å². The van der Waals surface area contributed by atoms with Gasteiger partial charge in [0, 0.05) is 28.2 Å². The Hall–Kier alpha value is -1.41. The van der Waals surface area contributed by atoms with E-state index < -0.39 is 57.8 Å². The van der Waals surface area contributed by atoms with E-state index in [-0.39, 0.29) is 17.8 Å². The number of aliphatic hydroxyl groups is 3. The number of carbonyl (C=O) groups excluding carboxylic acids is 1. The quantitative estimate of drug-likeness (QED) is 0.436. The highest BCUT2D eigenvalue weighted by atomic mass is 16.7. The molecule has 33 heavy (non-hydrogen) atoms. The summed E-state index contributed by atoms with van der Waals surface area (Å²) in [5, 5.41) is 34.1. The molecule has 3 heterocycles. The highest BCUT2D eigenvalue weighted by Gasteiger charge is 2.88. The lowest BCUT2D eigenvalue weighted by Gasteiger charge is -2.71. The van der Waals surface area contributed by atoms with Gasteiger partial charge in [-0.2, -0.15) is 0 Å². The Morgan fingerprint density at radius 3 is 2.33 bits per heavy atom. The fourth-order valence-electron chi connectivity index (χ4n) is 9.48. The summed E-state index contributed by atoms with van der Waals surface area (Å²) in [6.07, 6.45) is 2.17. The van der Waals surface area contributed by atoms with Crippen molar-refractivity contribution < 1.29 is 34.0 Å². The molecule has 0 bridgehead atoms. The van der Waals surface area contributed by atoms with Gasteiger partial charge in [0.15, 0.2) is 6.10 Å². The molecule has 7 nitrogen and oxygen atoms in total. The number of carbonyl (C=O) groups is 1. The molecule has 5 unspecified atom stereocenters. The van der Waals surface area contributed by atoms with Gasteiger partial charge in [-0.1, -0.05) is 34.6 Å². The van der Waals surface area contributed by atoms with E-state index in [2.05, 4.69) is 34.6 Å². The first kappa shape index (κ1) is 22.1. The molecule has 5 fully saturated rings. The van der Waals surface area contributed by atoms with Gasteiger partial charge in [0.05, 0.1) is 30.8 Å². The normalized spacial score (nSPS) is 56.6. The van der Waals surface area contributed by atoms with Gasteiger partial charge in [0.2, 0.25) is 0 Å². The van der Waals surface area contributed by atoms with E-state index in [0.29, 0.717) is 12.8 Å². The predicted molar refractivity (Wildman–Crippen MR) is 117 cm³/mol. The summed E-state index contributed by atoms with van der Waals surface area (Å²) in [6, 6.07) is 1.83. The predicted octanol–water partition coefficient (Wildman–Crippen LogP) is 2.98. The number of fused-ring (bicyclic) bond motifs is 3. The fraction of sp³-hybridized carbons (Fsp3) is 0.808. The van der Waals surface area contributed by atoms with Crippen molar-refractivity contribution in [2.45, 2.75) is 96.4 Å². The lowest BCUT2D eigenvalue weighted by molar-refractivity contribution is -0.293. The number of cyclic esters (lactones) is 1. The zero-order valence-corrected chi connectivity index (χ0v) is 20.1. The Balaban J connectivity index is 1.51. The van der Waals surface area contributed by atoms with Crippen LogP contribution in [0.3, 0.4) is 0 Å². The monoisotopic (exact) mass is 460 g/mol. The number of ether oxygens (including phenoxy) is 2. The third-order valence-electron chi connectivity index (χ3n) is 11.4. The number of hydrogen-bond acceptors (Lipinski definition) is 7. The third kappa shape index (κ3) is 2.20. The summed E-state index contributed by atoms with van der Waals surface area (Å²) in [7, 11) is 0. The van der Waals surface area contributed by atoms with Gasteiger partial charge in [-0.25, -0.2) is 4.79 Å². The molecule has 6 rings (SSSR count). The highest BCUT2D eigenvalue weighted by Crippen LogP contribution is 2.80. The van der Waals surface area contributed by atoms with Crippen LogP contribution in [0.25, 0.3) is 0 Å². The fourth-order valence-corrected chi connectivity index (χ4v) is 9.48. The standard InChI is InChI=1S/C26H36O7/c1-22(2)15-10-18(29)25(5)14(24(15,4)17(28)11-16(22)27)6-8-23(3)19(13-7-9-31-12-13)32-21(30)20-26(23,25)33-20/h7,9,12,14-20,27-29H,6,8,10-11H2,1-5H3/t14?,15?,16-,17?,18-,19?,20-,23?,24-,25+,26-/m1/s1. The van der Waals surface area contributed by atoms with Crippen molar-refractivity contribution >= 4 is 5.97 Å². The zero-order valence-electron chi connectivity index (χ0n) is 20.1. The number of aliphatic hydroxyl groups excluding tert-OH is 3. The minimum Gasteiger partial charge on any atom is -0.472 e. The topological polar surface area (TPSA) is 113 Å². The van der Waals surface area contributed by atoms with Crippen molar-refractivity contribution in [2.75, 3.05) is 0 Å². The molecule has 7 heteroatoms. The molecule has 0 aromatic carbocycles. The largest absolute Gasteiger partial charge is 0.472 e. The van der Waals surface area contributed by atoms with Crippen molar-refractivity contribution in [1.29, 1.82) is 0 Å². The van der Waals surface area contributed by atoms with Crippen LogP contribution in [0.4, 0.5) is 0 Å². The van der Waals surface area contributed by atoms with E-state index in [1.807, 2.05) is 6.07 Å². The van der Waals surface area contributed by atoms with Gasteiger partial charge in [0.25, 0.3) is 0 Å². The molecule has 3 N–H and O–H groups in total. The molecule has 1 spiro atoms. The Morgan fingerprint density at radius 1 is 0.939 bits per heavy atom. The van der Waals surface area contributed by atoms with Crippen molar-refractivity contribution in [3.05, 3.63) is 24.2 Å². The average Bonchev–Trinajstić information content (AvgIpc) is 3.32. The second kappa shape index (κ2) is 6.23. The number of epoxide rings is 1. The molecule has 1 aromatic heterocycles. The Morgan fingerprint density at radius 2 is 1.67 bits per heavy atom. The lowest BCUT2D eigenvalue weighted by Crippen LogP contribution is -2.75. The third-order valence-corrected chi connectivity index (χ3v) is 11.4. The zero-order chi connectivity index (χ0) is 23.8. The number of rotatable bonds is 1. The van der Waals surface area contributed by atoms with Crippen LogP contribution < -0.4 is 0 Å². The lowest BCUT2D eigenvalue weighted by atomic mass is 9.34. The molecule has 2 saturated heterocycles. The van der Waals surface area contributed by atoms with Crippen LogP contribution in [0.15, 0.2) is 23.0 Å². The summed E-state index contributed by atoms with van der Waals surface area (Å²) in [4.78, 5) is 13.1. The van der Waals surface area contributed by atoms with E-state index in [1.54, 1.807) is 12.5 Å². The van der Waals surface area contributed by atoms with Crippen LogP contribution in [0.5, 0.6) is 0 Å². The van der Waals surface area contributed by atoms with E-state index >= 15 is 0 Å². The molecule has 0 radical (unpaired) electrons. The van der Waals surface area contributed by atoms with Gasteiger partial charge < -0.3 is 29.2 Å². The summed E-state index contributed by atoms with van der Waals surface area (Å²) < 4.78 is 17.6. The molecule has 182 valence electrons. The van der Waals surface area contributed by atoms with Crippen molar-refractivity contribution in [1.82, 2.24) is 0 Å². The highest BCUT2D eigenvalue weighted by molar-refractivity contribution is 5.82. The van der Waals surface area contributed by atoms with Crippen LogP contribution in [0, 0.1) is 33.5 Å². The molecule has 0 amide bonds. The smallest absolute Gasteiger partial charge is 0.339 e. The van der Waals surface area contributed by atoms with Crippen molar-refractivity contribution in [2.24, 2.45) is 33.5 Å². The van der Waals surface area contributed by atoms with Crippen molar-refractivity contribution in [3.8, 4) is 0 Å². The van der Waals surface area contributed by atoms with Crippen LogP contribution in [-0.2, 0) is 14.3 Å². The first-order valence-corrected chi connectivity index (χ1v) is 12.3. The SMILES string of the molecule is CC1(C)C2C[C@@H](O)[C@]3(C)C(CCC4(C)C(c5ccoc5)OC(=O)[C@H]5O[C@]543)[C@@]2(C)C(O)C[C@H]1O. The van der Waals surface area contributed by atoms with E-state index in [0.717, 1.165) is 18.4 Å². The average molecular weight is 461 g/mol. The Bertz CT molecular complexity index is 989. The first-order chi connectivity index (χ1) is 15.4. The second-order valence-corrected chi connectivity index (χ2v) is 12.7. The van der Waals surface area contributed by atoms with Gasteiger partial charge >= 0.3 is 5.97 Å². The van der Waals surface area contributed by atoms with E-state index in [9.17, 15) is 20.1 Å². The molecule has 11 atom stereocenters. The van der Waals surface area contributed by atoms with E-state index in [1.165, 1.54) is 0 Å². The molecular weight excluding hydrogens is 424 g/mol. The van der Waals surface area contributed by atoms with Gasteiger partial charge in [0.1, 0.15) is 11.7 Å².